The van der Waals surface area contributed by atoms with Crippen LogP contribution >= 0.6 is 0 Å². The molecular formula is C21H21F5N4O4. The molecule has 0 radical (unpaired) electrons. The van der Waals surface area contributed by atoms with E-state index >= 15 is 0 Å². The fourth-order valence-electron chi connectivity index (χ4n) is 3.09. The third-order valence-electron chi connectivity index (χ3n) is 4.69. The van der Waals surface area contributed by atoms with Gasteiger partial charge in [-0.05, 0) is 29.8 Å². The van der Waals surface area contributed by atoms with Gasteiger partial charge in [0.1, 0.15) is 5.75 Å². The Hall–Kier alpha value is -3.61. The number of aliphatic hydroxyl groups excluding tert-OH is 1. The van der Waals surface area contributed by atoms with Gasteiger partial charge in [0.05, 0.1) is 25.3 Å². The molecule has 0 unspecified atom stereocenters. The van der Waals surface area contributed by atoms with E-state index in [9.17, 15) is 26.7 Å². The Labute approximate surface area is 190 Å². The number of aliphatic hydroxyl groups is 1. The summed E-state index contributed by atoms with van der Waals surface area (Å²) in [4.78, 5) is 17.1. The van der Waals surface area contributed by atoms with Crippen molar-refractivity contribution in [3.63, 3.8) is 0 Å². The Balaban J connectivity index is 1.65. The van der Waals surface area contributed by atoms with Crippen LogP contribution in [-0.4, -0.2) is 65.5 Å². The molecule has 0 spiro atoms. The van der Waals surface area contributed by atoms with E-state index in [1.54, 1.807) is 0 Å². The first-order valence-electron chi connectivity index (χ1n) is 9.94. The summed E-state index contributed by atoms with van der Waals surface area (Å²) < 4.78 is 75.0. The second-order valence-electron chi connectivity index (χ2n) is 7.32. The molecule has 1 fully saturated rings. The van der Waals surface area contributed by atoms with E-state index < -0.39 is 36.6 Å². The Kier molecular flexibility index (Phi) is 7.44. The van der Waals surface area contributed by atoms with Gasteiger partial charge in [0, 0.05) is 18.9 Å². The fraction of sp³-hybridized carbons (Fsp3) is 0.333. The number of halogens is 5. The Morgan fingerprint density at radius 1 is 1.32 bits per heavy atom. The van der Waals surface area contributed by atoms with E-state index in [0.717, 1.165) is 18.3 Å². The maximum Gasteiger partial charge on any atom is 0.573 e. The zero-order valence-corrected chi connectivity index (χ0v) is 17.6. The lowest BCUT2D eigenvalue weighted by Crippen LogP contribution is -2.36. The van der Waals surface area contributed by atoms with Crippen molar-refractivity contribution < 1.29 is 41.3 Å². The molecule has 1 saturated heterocycles. The van der Waals surface area contributed by atoms with Crippen molar-refractivity contribution in [2.45, 2.75) is 18.4 Å². The Morgan fingerprint density at radius 3 is 2.68 bits per heavy atom. The second-order valence-corrected chi connectivity index (χ2v) is 7.32. The number of carbonyl (C=O) groups is 1. The van der Waals surface area contributed by atoms with E-state index in [0.29, 0.717) is 5.56 Å². The summed E-state index contributed by atoms with van der Waals surface area (Å²) in [6, 6.07) is 6.10. The Morgan fingerprint density at radius 2 is 2.03 bits per heavy atom. The third-order valence-corrected chi connectivity index (χ3v) is 4.69. The number of anilines is 1. The average molecular weight is 488 g/mol. The lowest BCUT2D eigenvalue weighted by molar-refractivity contribution is -0.274. The minimum Gasteiger partial charge on any atom is -0.478 e. The summed E-state index contributed by atoms with van der Waals surface area (Å²) in [6.07, 6.45) is -2.42. The van der Waals surface area contributed by atoms with E-state index in [1.165, 1.54) is 35.4 Å². The average Bonchev–Trinajstić information content (AvgIpc) is 3.05. The molecule has 1 aromatic carbocycles. The van der Waals surface area contributed by atoms with Crippen molar-refractivity contribution in [2.24, 2.45) is 0 Å². The van der Waals surface area contributed by atoms with Crippen molar-refractivity contribution >= 4 is 17.8 Å². The highest BCUT2D eigenvalue weighted by molar-refractivity contribution is 5.94. The molecule has 1 aliphatic heterocycles. The number of aromatic nitrogens is 1. The number of carbonyl (C=O) groups excluding carboxylic acids is 1. The molecule has 34 heavy (non-hydrogen) atoms. The van der Waals surface area contributed by atoms with Crippen LogP contribution in [0.1, 0.15) is 15.9 Å². The predicted octanol–water partition coefficient (Wildman–Crippen LogP) is 2.65. The molecule has 3 rings (SSSR count). The maximum absolute atomic E-state index is 14.5. The van der Waals surface area contributed by atoms with Crippen LogP contribution in [0.4, 0.5) is 27.8 Å². The number of alkyl halides is 5. The fourth-order valence-corrected chi connectivity index (χ4v) is 3.09. The summed E-state index contributed by atoms with van der Waals surface area (Å²) in [6.45, 7) is -1.17. The van der Waals surface area contributed by atoms with Crippen LogP contribution in [0.3, 0.4) is 0 Å². The van der Waals surface area contributed by atoms with Gasteiger partial charge < -0.3 is 30.5 Å². The van der Waals surface area contributed by atoms with Crippen LogP contribution in [0.25, 0.3) is 6.08 Å². The van der Waals surface area contributed by atoms with Crippen LogP contribution in [0, 0.1) is 0 Å². The van der Waals surface area contributed by atoms with Gasteiger partial charge in [-0.2, -0.15) is 0 Å². The lowest BCUT2D eigenvalue weighted by atomic mass is 10.2. The minimum absolute atomic E-state index is 0.000525. The molecule has 1 aliphatic rings. The maximum atomic E-state index is 14.5. The second kappa shape index (κ2) is 10.1. The van der Waals surface area contributed by atoms with Gasteiger partial charge in [0.2, 0.25) is 0 Å². The smallest absolute Gasteiger partial charge is 0.478 e. The molecule has 8 nitrogen and oxygen atoms in total. The third kappa shape index (κ3) is 6.70. The molecule has 0 aliphatic carbocycles. The largest absolute Gasteiger partial charge is 0.573 e. The van der Waals surface area contributed by atoms with E-state index in [-0.39, 0.29) is 36.8 Å². The monoisotopic (exact) mass is 488 g/mol. The number of benzene rings is 1. The highest BCUT2D eigenvalue weighted by Gasteiger charge is 2.49. The summed E-state index contributed by atoms with van der Waals surface area (Å²) in [5.74, 6) is -4.61. The summed E-state index contributed by atoms with van der Waals surface area (Å²) in [5, 5.41) is 11.2. The van der Waals surface area contributed by atoms with Gasteiger partial charge in [-0.1, -0.05) is 12.1 Å². The number of hydrogen-bond donors (Lipinski definition) is 3. The summed E-state index contributed by atoms with van der Waals surface area (Å²) in [5.41, 5.74) is 6.21. The topological polar surface area (TPSA) is 110 Å². The quantitative estimate of drug-likeness (QED) is 0.490. The first-order chi connectivity index (χ1) is 16.0. The zero-order valence-electron chi connectivity index (χ0n) is 17.6. The first kappa shape index (κ1) is 25.0. The molecule has 1 aromatic heterocycles. The van der Waals surface area contributed by atoms with E-state index in [2.05, 4.69) is 15.0 Å². The molecule has 2 heterocycles. The number of hydrogen-bond acceptors (Lipinski definition) is 7. The summed E-state index contributed by atoms with van der Waals surface area (Å²) >= 11 is 0. The number of nitrogens with two attached hydrogens (primary N) is 1. The van der Waals surface area contributed by atoms with Gasteiger partial charge in [-0.15, -0.1) is 13.2 Å². The van der Waals surface area contributed by atoms with Crippen molar-refractivity contribution in [2.75, 3.05) is 32.0 Å². The number of ether oxygens (including phenoxy) is 2. The van der Waals surface area contributed by atoms with Crippen molar-refractivity contribution in [3.8, 4) is 11.5 Å². The SMILES string of the molecule is Nc1ncc(C(=O)NCCO)cc1O[C@@H]1CN(C=Cc2ccc(OC(F)(F)F)cc2)CC1(F)F. The zero-order chi connectivity index (χ0) is 24.9. The molecular weight excluding hydrogens is 467 g/mol. The van der Waals surface area contributed by atoms with Crippen molar-refractivity contribution in [1.29, 1.82) is 0 Å². The number of nitrogen functional groups attached to an aromatic ring is 1. The molecule has 0 saturated carbocycles. The lowest BCUT2D eigenvalue weighted by Gasteiger charge is -2.20. The van der Waals surface area contributed by atoms with Gasteiger partial charge in [0.15, 0.2) is 17.7 Å². The van der Waals surface area contributed by atoms with Gasteiger partial charge in [0.25, 0.3) is 5.91 Å². The molecule has 184 valence electrons. The Bertz CT molecular complexity index is 1030. The van der Waals surface area contributed by atoms with Crippen molar-refractivity contribution in [3.05, 3.63) is 53.9 Å². The number of nitrogens with zero attached hydrogens (tertiary/aromatic N) is 2. The number of amides is 1. The predicted molar refractivity (Wildman–Crippen MR) is 111 cm³/mol. The minimum atomic E-state index is -4.81. The summed E-state index contributed by atoms with van der Waals surface area (Å²) in [7, 11) is 0. The van der Waals surface area contributed by atoms with Crippen LogP contribution in [0.5, 0.6) is 11.5 Å². The van der Waals surface area contributed by atoms with E-state index in [1.807, 2.05) is 0 Å². The highest BCUT2D eigenvalue weighted by Crippen LogP contribution is 2.33. The molecule has 1 amide bonds. The molecule has 2 aromatic rings. The molecule has 13 heteroatoms. The number of likely N-dealkylation sites (tertiary alicyclic amines) is 1. The van der Waals surface area contributed by atoms with Gasteiger partial charge in [-0.25, -0.2) is 13.8 Å². The number of rotatable bonds is 8. The number of nitrogens with one attached hydrogen (secondary N) is 1. The van der Waals surface area contributed by atoms with Crippen LogP contribution in [0.15, 0.2) is 42.7 Å². The van der Waals surface area contributed by atoms with Crippen LogP contribution < -0.4 is 20.5 Å². The standard InChI is InChI=1S/C21H21F5N4O4/c22-20(23)12-30(7-5-13-1-3-15(4-2-13)34-21(24,25)26)11-17(20)33-16-9-14(10-29-18(16)27)19(32)28-6-8-31/h1-5,7,9-10,17,31H,6,8,11-12H2,(H2,27,29)(H,28,32)/t17-/m1/s1. The molecule has 4 N–H and O–H groups in total. The molecule has 1 atom stereocenters. The van der Waals surface area contributed by atoms with E-state index in [4.69, 9.17) is 15.6 Å². The van der Waals surface area contributed by atoms with Crippen molar-refractivity contribution in [1.82, 2.24) is 15.2 Å². The van der Waals surface area contributed by atoms with Gasteiger partial charge in [-0.3, -0.25) is 4.79 Å². The van der Waals surface area contributed by atoms with Crippen LogP contribution in [-0.2, 0) is 0 Å². The van der Waals surface area contributed by atoms with Crippen LogP contribution in [0.2, 0.25) is 0 Å². The first-order valence-corrected chi connectivity index (χ1v) is 9.94. The van der Waals surface area contributed by atoms with Gasteiger partial charge >= 0.3 is 12.3 Å². The molecule has 0 bridgehead atoms. The number of pyridine rings is 1. The normalized spacial score (nSPS) is 17.7. The highest BCUT2D eigenvalue weighted by atomic mass is 19.4.